The van der Waals surface area contributed by atoms with E-state index in [0.717, 1.165) is 25.7 Å². The fourth-order valence-corrected chi connectivity index (χ4v) is 4.92. The number of hydrogen-bond donors (Lipinski definition) is 1. The van der Waals surface area contributed by atoms with Crippen LogP contribution in [-0.4, -0.2) is 41.0 Å². The zero-order valence-corrected chi connectivity index (χ0v) is 19.3. The summed E-state index contributed by atoms with van der Waals surface area (Å²) in [7, 11) is 3.11. The number of ether oxygens (including phenoxy) is 2. The number of benzene rings is 2. The molecule has 1 atom stereocenters. The van der Waals surface area contributed by atoms with Crippen molar-refractivity contribution >= 4 is 28.6 Å². The number of nitrogens with zero attached hydrogens (tertiary/aromatic N) is 2. The number of nitrogens with one attached hydrogen (secondary N) is 1. The fourth-order valence-electron chi connectivity index (χ4n) is 3.98. The minimum atomic E-state index is -0.407. The summed E-state index contributed by atoms with van der Waals surface area (Å²) in [6, 6.07) is 12.7. The predicted molar refractivity (Wildman–Crippen MR) is 126 cm³/mol. The Balaban J connectivity index is 1.76. The number of carbonyl (C=O) groups is 1. The molecule has 1 unspecified atom stereocenters. The van der Waals surface area contributed by atoms with Crippen LogP contribution in [-0.2, 0) is 4.79 Å². The van der Waals surface area contributed by atoms with Crippen molar-refractivity contribution in [3.8, 4) is 17.2 Å². The third-order valence-electron chi connectivity index (χ3n) is 5.72. The number of rotatable bonds is 7. The molecule has 1 heterocycles. The SMILES string of the molecule is COc1ccc(-n2c(SC(C)C(=O)NC3CCCC3)nc3ccccc3c2=O)cc1OC. The molecule has 0 aliphatic heterocycles. The molecule has 0 radical (unpaired) electrons. The average Bonchev–Trinajstić information content (AvgIpc) is 3.32. The summed E-state index contributed by atoms with van der Waals surface area (Å²) in [5.41, 5.74) is 0.991. The molecule has 3 aromatic rings. The first-order valence-corrected chi connectivity index (χ1v) is 11.6. The number of para-hydroxylation sites is 1. The minimum Gasteiger partial charge on any atom is -0.493 e. The molecule has 1 aliphatic rings. The summed E-state index contributed by atoms with van der Waals surface area (Å²) < 4.78 is 12.3. The summed E-state index contributed by atoms with van der Waals surface area (Å²) in [5, 5.41) is 3.69. The highest BCUT2D eigenvalue weighted by atomic mass is 32.2. The topological polar surface area (TPSA) is 82.5 Å². The lowest BCUT2D eigenvalue weighted by molar-refractivity contribution is -0.120. The van der Waals surface area contributed by atoms with E-state index in [9.17, 15) is 9.59 Å². The smallest absolute Gasteiger partial charge is 0.266 e. The van der Waals surface area contributed by atoms with Crippen LogP contribution in [0, 0.1) is 0 Å². The van der Waals surface area contributed by atoms with Crippen molar-refractivity contribution < 1.29 is 14.3 Å². The molecule has 0 spiro atoms. The molecule has 1 amide bonds. The Morgan fingerprint density at radius 2 is 1.84 bits per heavy atom. The zero-order valence-electron chi connectivity index (χ0n) is 18.5. The molecule has 168 valence electrons. The van der Waals surface area contributed by atoms with Crippen LogP contribution in [0.1, 0.15) is 32.6 Å². The molecule has 1 N–H and O–H groups in total. The third kappa shape index (κ3) is 4.46. The van der Waals surface area contributed by atoms with Crippen LogP contribution in [0.4, 0.5) is 0 Å². The van der Waals surface area contributed by atoms with Crippen molar-refractivity contribution in [3.63, 3.8) is 0 Å². The van der Waals surface area contributed by atoms with Gasteiger partial charge in [0.1, 0.15) is 0 Å². The molecule has 1 fully saturated rings. The highest BCUT2D eigenvalue weighted by molar-refractivity contribution is 8.00. The van der Waals surface area contributed by atoms with Gasteiger partial charge in [0.05, 0.1) is 36.1 Å². The second-order valence-electron chi connectivity index (χ2n) is 7.84. The maximum atomic E-state index is 13.5. The summed E-state index contributed by atoms with van der Waals surface area (Å²) in [6.45, 7) is 1.84. The van der Waals surface area contributed by atoms with Crippen molar-refractivity contribution in [2.24, 2.45) is 0 Å². The van der Waals surface area contributed by atoms with Crippen LogP contribution in [0.5, 0.6) is 11.5 Å². The van der Waals surface area contributed by atoms with Crippen LogP contribution in [0.15, 0.2) is 52.4 Å². The van der Waals surface area contributed by atoms with Gasteiger partial charge in [-0.25, -0.2) is 4.98 Å². The molecule has 1 aliphatic carbocycles. The van der Waals surface area contributed by atoms with E-state index < -0.39 is 5.25 Å². The first-order chi connectivity index (χ1) is 15.5. The van der Waals surface area contributed by atoms with Gasteiger partial charge in [-0.1, -0.05) is 36.7 Å². The van der Waals surface area contributed by atoms with Crippen molar-refractivity contribution in [2.75, 3.05) is 14.2 Å². The largest absolute Gasteiger partial charge is 0.493 e. The van der Waals surface area contributed by atoms with Crippen LogP contribution >= 0.6 is 11.8 Å². The van der Waals surface area contributed by atoms with E-state index >= 15 is 0 Å². The first-order valence-electron chi connectivity index (χ1n) is 10.7. The van der Waals surface area contributed by atoms with Crippen molar-refractivity contribution in [1.82, 2.24) is 14.9 Å². The lowest BCUT2D eigenvalue weighted by Gasteiger charge is -2.19. The second-order valence-corrected chi connectivity index (χ2v) is 9.15. The van der Waals surface area contributed by atoms with Crippen LogP contribution in [0.3, 0.4) is 0 Å². The van der Waals surface area contributed by atoms with Gasteiger partial charge < -0.3 is 14.8 Å². The number of fused-ring (bicyclic) bond motifs is 1. The number of hydrogen-bond acceptors (Lipinski definition) is 6. The third-order valence-corrected chi connectivity index (χ3v) is 6.78. The summed E-state index contributed by atoms with van der Waals surface area (Å²) >= 11 is 1.28. The molecule has 32 heavy (non-hydrogen) atoms. The molecule has 1 aromatic heterocycles. The van der Waals surface area contributed by atoms with Gasteiger partial charge >= 0.3 is 0 Å². The Kier molecular flexibility index (Phi) is 6.69. The highest BCUT2D eigenvalue weighted by Crippen LogP contribution is 2.31. The van der Waals surface area contributed by atoms with Gasteiger partial charge in [-0.2, -0.15) is 0 Å². The van der Waals surface area contributed by atoms with E-state index in [0.29, 0.717) is 33.2 Å². The van der Waals surface area contributed by atoms with Gasteiger partial charge in [0, 0.05) is 12.1 Å². The standard InChI is InChI=1S/C24H27N3O4S/c1-15(22(28)25-16-8-4-5-9-16)32-24-26-19-11-7-6-10-18(19)23(29)27(24)17-12-13-20(30-2)21(14-17)31-3/h6-7,10-16H,4-5,8-9H2,1-3H3,(H,25,28). The summed E-state index contributed by atoms with van der Waals surface area (Å²) in [6.07, 6.45) is 4.34. The van der Waals surface area contributed by atoms with E-state index in [1.54, 1.807) is 38.5 Å². The number of carbonyl (C=O) groups excluding carboxylic acids is 1. The van der Waals surface area contributed by atoms with Gasteiger partial charge in [0.25, 0.3) is 5.56 Å². The molecular weight excluding hydrogens is 426 g/mol. The molecule has 0 bridgehead atoms. The number of thioether (sulfide) groups is 1. The van der Waals surface area contributed by atoms with Gasteiger partial charge in [0.2, 0.25) is 5.91 Å². The maximum absolute atomic E-state index is 13.5. The molecule has 1 saturated carbocycles. The number of aromatic nitrogens is 2. The zero-order chi connectivity index (χ0) is 22.7. The van der Waals surface area contributed by atoms with Crippen LogP contribution in [0.2, 0.25) is 0 Å². The quantitative estimate of drug-likeness (QED) is 0.431. The van der Waals surface area contributed by atoms with E-state index in [4.69, 9.17) is 14.5 Å². The maximum Gasteiger partial charge on any atom is 0.266 e. The van der Waals surface area contributed by atoms with E-state index in [1.807, 2.05) is 25.1 Å². The molecule has 2 aromatic carbocycles. The average molecular weight is 454 g/mol. The molecular formula is C24H27N3O4S. The Morgan fingerprint density at radius 1 is 1.12 bits per heavy atom. The lowest BCUT2D eigenvalue weighted by atomic mass is 10.2. The van der Waals surface area contributed by atoms with Crippen molar-refractivity contribution in [2.45, 2.75) is 49.1 Å². The second kappa shape index (κ2) is 9.65. The van der Waals surface area contributed by atoms with Crippen molar-refractivity contribution in [1.29, 1.82) is 0 Å². The van der Waals surface area contributed by atoms with Crippen LogP contribution < -0.4 is 20.3 Å². The molecule has 8 heteroatoms. The number of methoxy groups -OCH3 is 2. The monoisotopic (exact) mass is 453 g/mol. The van der Waals surface area contributed by atoms with Gasteiger partial charge in [0.15, 0.2) is 16.7 Å². The van der Waals surface area contributed by atoms with E-state index in [1.165, 1.54) is 16.3 Å². The van der Waals surface area contributed by atoms with E-state index in [-0.39, 0.29) is 17.5 Å². The normalized spacial score (nSPS) is 15.0. The van der Waals surface area contributed by atoms with Gasteiger partial charge in [-0.05, 0) is 44.0 Å². The summed E-state index contributed by atoms with van der Waals surface area (Å²) in [5.74, 6) is 1.03. The first kappa shape index (κ1) is 22.2. The molecule has 0 saturated heterocycles. The van der Waals surface area contributed by atoms with E-state index in [2.05, 4.69) is 5.32 Å². The summed E-state index contributed by atoms with van der Waals surface area (Å²) in [4.78, 5) is 31.0. The predicted octanol–water partition coefficient (Wildman–Crippen LogP) is 3.94. The molecule has 4 rings (SSSR count). The van der Waals surface area contributed by atoms with Gasteiger partial charge in [-0.15, -0.1) is 0 Å². The van der Waals surface area contributed by atoms with Crippen molar-refractivity contribution in [3.05, 3.63) is 52.8 Å². The highest BCUT2D eigenvalue weighted by Gasteiger charge is 2.24. The Labute approximate surface area is 191 Å². The number of amides is 1. The Hall–Kier alpha value is -3.00. The molecule has 7 nitrogen and oxygen atoms in total. The van der Waals surface area contributed by atoms with Crippen LogP contribution in [0.25, 0.3) is 16.6 Å². The Morgan fingerprint density at radius 3 is 2.56 bits per heavy atom. The van der Waals surface area contributed by atoms with Gasteiger partial charge in [-0.3, -0.25) is 14.2 Å². The Bertz CT molecular complexity index is 1190. The lowest BCUT2D eigenvalue weighted by Crippen LogP contribution is -2.38. The fraction of sp³-hybridized carbons (Fsp3) is 0.375. The minimum absolute atomic E-state index is 0.0387.